The topological polar surface area (TPSA) is 96.6 Å². The number of hydrogen-bond acceptors (Lipinski definition) is 5. The molecule has 6 nitrogen and oxygen atoms in total. The van der Waals surface area contributed by atoms with E-state index in [2.05, 4.69) is 4.72 Å². The van der Waals surface area contributed by atoms with Gasteiger partial charge < -0.3 is 9.52 Å². The Morgan fingerprint density at radius 2 is 2.10 bits per heavy atom. The van der Waals surface area contributed by atoms with E-state index >= 15 is 0 Å². The summed E-state index contributed by atoms with van der Waals surface area (Å²) in [6.07, 6.45) is 0. The van der Waals surface area contributed by atoms with Crippen molar-refractivity contribution in [3.05, 3.63) is 40.2 Å². The van der Waals surface area contributed by atoms with Crippen molar-refractivity contribution in [3.63, 3.8) is 0 Å². The van der Waals surface area contributed by atoms with Crippen molar-refractivity contribution in [3.8, 4) is 0 Å². The number of aromatic carboxylic acids is 1. The average molecular weight is 315 g/mol. The highest BCUT2D eigenvalue weighted by Crippen LogP contribution is 2.21. The second-order valence-corrected chi connectivity index (χ2v) is 7.46. The van der Waals surface area contributed by atoms with Gasteiger partial charge in [0, 0.05) is 4.88 Å². The summed E-state index contributed by atoms with van der Waals surface area (Å²) >= 11 is 1.17. The van der Waals surface area contributed by atoms with Crippen molar-refractivity contribution < 1.29 is 22.7 Å². The van der Waals surface area contributed by atoms with Gasteiger partial charge in [0.05, 0.1) is 6.54 Å². The highest BCUT2D eigenvalue weighted by Gasteiger charge is 2.18. The summed E-state index contributed by atoms with van der Waals surface area (Å²) in [5.41, 5.74) is 0.0335. The third kappa shape index (κ3) is 3.09. The number of aryl methyl sites for hydroxylation is 2. The minimum atomic E-state index is -3.60. The maximum absolute atomic E-state index is 12.0. The van der Waals surface area contributed by atoms with Crippen molar-refractivity contribution in [2.75, 3.05) is 0 Å². The van der Waals surface area contributed by atoms with E-state index in [1.54, 1.807) is 6.07 Å². The van der Waals surface area contributed by atoms with Crippen LogP contribution in [0.15, 0.2) is 26.8 Å². The van der Waals surface area contributed by atoms with Gasteiger partial charge in [0.2, 0.25) is 10.0 Å². The van der Waals surface area contributed by atoms with Crippen molar-refractivity contribution in [1.29, 1.82) is 0 Å². The van der Waals surface area contributed by atoms with E-state index in [0.717, 1.165) is 4.88 Å². The molecule has 2 heterocycles. The summed E-state index contributed by atoms with van der Waals surface area (Å²) in [4.78, 5) is 11.8. The first-order valence-corrected chi connectivity index (χ1v) is 7.98. The normalized spacial score (nSPS) is 11.7. The number of carboxylic acids is 1. The molecule has 0 saturated carbocycles. The summed E-state index contributed by atoms with van der Waals surface area (Å²) < 4.78 is 31.8. The molecule has 8 heteroatoms. The fourth-order valence-electron chi connectivity index (χ4n) is 1.64. The van der Waals surface area contributed by atoms with Crippen LogP contribution < -0.4 is 4.72 Å². The molecule has 0 spiro atoms. The molecule has 20 heavy (non-hydrogen) atoms. The summed E-state index contributed by atoms with van der Waals surface area (Å²) in [5.74, 6) is -0.593. The molecule has 0 fully saturated rings. The van der Waals surface area contributed by atoms with E-state index < -0.39 is 16.0 Å². The first-order valence-electron chi connectivity index (χ1n) is 5.68. The predicted molar refractivity (Wildman–Crippen MR) is 73.5 cm³/mol. The Morgan fingerprint density at radius 3 is 2.60 bits per heavy atom. The van der Waals surface area contributed by atoms with E-state index in [4.69, 9.17) is 9.52 Å². The first kappa shape index (κ1) is 14.8. The number of carbonyl (C=O) groups is 1. The fourth-order valence-corrected chi connectivity index (χ4v) is 3.96. The van der Waals surface area contributed by atoms with Gasteiger partial charge in [-0.3, -0.25) is 0 Å². The lowest BCUT2D eigenvalue weighted by atomic mass is 10.2. The molecular weight excluding hydrogens is 302 g/mol. The molecule has 2 rings (SSSR count). The van der Waals surface area contributed by atoms with Crippen molar-refractivity contribution in [2.24, 2.45) is 0 Å². The Hall–Kier alpha value is -1.64. The van der Waals surface area contributed by atoms with E-state index in [1.165, 1.54) is 30.4 Å². The van der Waals surface area contributed by atoms with Gasteiger partial charge in [0.1, 0.15) is 21.3 Å². The van der Waals surface area contributed by atoms with E-state index in [-0.39, 0.29) is 27.8 Å². The van der Waals surface area contributed by atoms with Crippen molar-refractivity contribution in [2.45, 2.75) is 24.6 Å². The molecule has 0 atom stereocenters. The monoisotopic (exact) mass is 315 g/mol. The average Bonchev–Trinajstić information content (AvgIpc) is 2.93. The maximum Gasteiger partial charge on any atom is 0.339 e. The highest BCUT2D eigenvalue weighted by molar-refractivity contribution is 7.91. The van der Waals surface area contributed by atoms with Gasteiger partial charge in [-0.05, 0) is 32.0 Å². The van der Waals surface area contributed by atoms with Gasteiger partial charge >= 0.3 is 5.97 Å². The number of thiophene rings is 1. The molecule has 0 bridgehead atoms. The molecule has 0 saturated heterocycles. The quantitative estimate of drug-likeness (QED) is 0.881. The van der Waals surface area contributed by atoms with Crippen LogP contribution in [-0.4, -0.2) is 19.5 Å². The van der Waals surface area contributed by atoms with Crippen LogP contribution in [0.25, 0.3) is 0 Å². The number of sulfonamides is 1. The van der Waals surface area contributed by atoms with Crippen LogP contribution in [0.2, 0.25) is 0 Å². The Kier molecular flexibility index (Phi) is 3.98. The van der Waals surface area contributed by atoms with Crippen LogP contribution in [0.5, 0.6) is 0 Å². The maximum atomic E-state index is 12.0. The molecular formula is C12H13NO5S2. The summed E-state index contributed by atoms with van der Waals surface area (Å²) in [6, 6.07) is 4.57. The minimum absolute atomic E-state index is 0.0335. The van der Waals surface area contributed by atoms with E-state index in [9.17, 15) is 13.2 Å². The molecule has 0 aliphatic heterocycles. The van der Waals surface area contributed by atoms with Gasteiger partial charge in [-0.15, -0.1) is 11.3 Å². The van der Waals surface area contributed by atoms with Crippen molar-refractivity contribution >= 4 is 27.3 Å². The van der Waals surface area contributed by atoms with Gasteiger partial charge in [-0.1, -0.05) is 0 Å². The molecule has 2 aromatic heterocycles. The van der Waals surface area contributed by atoms with Crippen LogP contribution in [-0.2, 0) is 16.6 Å². The van der Waals surface area contributed by atoms with Crippen LogP contribution >= 0.6 is 11.3 Å². The van der Waals surface area contributed by atoms with Gasteiger partial charge in [-0.2, -0.15) is 0 Å². The van der Waals surface area contributed by atoms with Gasteiger partial charge in [0.25, 0.3) is 0 Å². The Bertz CT molecular complexity index is 742. The van der Waals surface area contributed by atoms with E-state index in [0.29, 0.717) is 0 Å². The molecule has 0 amide bonds. The van der Waals surface area contributed by atoms with Crippen LogP contribution in [0.4, 0.5) is 0 Å². The zero-order valence-corrected chi connectivity index (χ0v) is 12.5. The number of hydrogen-bond donors (Lipinski definition) is 2. The van der Waals surface area contributed by atoms with Gasteiger partial charge in [0.15, 0.2) is 0 Å². The lowest BCUT2D eigenvalue weighted by Gasteiger charge is -2.02. The summed E-state index contributed by atoms with van der Waals surface area (Å²) in [6.45, 7) is 3.25. The molecule has 108 valence electrons. The first-order chi connectivity index (χ1) is 9.29. The summed E-state index contributed by atoms with van der Waals surface area (Å²) in [7, 11) is -3.60. The highest BCUT2D eigenvalue weighted by atomic mass is 32.2. The van der Waals surface area contributed by atoms with Crippen LogP contribution in [0, 0.1) is 13.8 Å². The second-order valence-electron chi connectivity index (χ2n) is 4.18. The number of rotatable bonds is 5. The van der Waals surface area contributed by atoms with Crippen LogP contribution in [0.3, 0.4) is 0 Å². The molecule has 0 aliphatic rings. The molecule has 0 aliphatic carbocycles. The SMILES string of the molecule is Cc1ccc(S(=O)(=O)NCc2cc(C(=O)O)c(C)o2)s1. The Balaban J connectivity index is 2.12. The molecule has 2 aromatic rings. The Labute approximate surface area is 120 Å². The summed E-state index contributed by atoms with van der Waals surface area (Å²) in [5, 5.41) is 8.89. The Morgan fingerprint density at radius 1 is 1.40 bits per heavy atom. The lowest BCUT2D eigenvalue weighted by molar-refractivity contribution is 0.0695. The minimum Gasteiger partial charge on any atom is -0.478 e. The standard InChI is InChI=1S/C12H13NO5S2/c1-7-3-4-11(19-7)20(16,17)13-6-9-5-10(12(14)15)8(2)18-9/h3-5,13H,6H2,1-2H3,(H,14,15). The fraction of sp³-hybridized carbons (Fsp3) is 0.250. The molecule has 2 N–H and O–H groups in total. The third-order valence-electron chi connectivity index (χ3n) is 2.62. The zero-order valence-electron chi connectivity index (χ0n) is 10.8. The number of nitrogens with one attached hydrogen (secondary N) is 1. The second kappa shape index (κ2) is 5.39. The third-order valence-corrected chi connectivity index (χ3v) is 5.51. The molecule has 0 aromatic carbocycles. The van der Waals surface area contributed by atoms with E-state index in [1.807, 2.05) is 6.92 Å². The molecule has 0 radical (unpaired) electrons. The van der Waals surface area contributed by atoms with Gasteiger partial charge in [-0.25, -0.2) is 17.9 Å². The van der Waals surface area contributed by atoms with Crippen molar-refractivity contribution in [1.82, 2.24) is 4.72 Å². The number of carboxylic acid groups (broad SMARTS) is 1. The predicted octanol–water partition coefficient (Wildman–Crippen LogP) is 2.13. The largest absolute Gasteiger partial charge is 0.478 e. The lowest BCUT2D eigenvalue weighted by Crippen LogP contribution is -2.22. The smallest absolute Gasteiger partial charge is 0.339 e. The molecule has 0 unspecified atom stereocenters. The number of furan rings is 1. The zero-order chi connectivity index (χ0) is 14.9. The van der Waals surface area contributed by atoms with Crippen LogP contribution in [0.1, 0.15) is 26.8 Å².